The Hall–Kier alpha value is -1.87. The predicted octanol–water partition coefficient (Wildman–Crippen LogP) is 5.45. The number of allylic oxidation sites excluding steroid dienone is 1. The molecule has 0 unspecified atom stereocenters. The molecule has 0 aliphatic carbocycles. The summed E-state index contributed by atoms with van der Waals surface area (Å²) in [6.07, 6.45) is 5.60. The number of carbonyl (C=O) groups is 1. The van der Waals surface area contributed by atoms with Gasteiger partial charge in [0.05, 0.1) is 6.61 Å². The molecule has 0 N–H and O–H groups in total. The van der Waals surface area contributed by atoms with Crippen molar-refractivity contribution in [2.45, 2.75) is 19.8 Å². The second-order valence-corrected chi connectivity index (χ2v) is 6.12. The van der Waals surface area contributed by atoms with Crippen molar-refractivity contribution >= 4 is 27.8 Å². The molecule has 120 valence electrons. The number of carbonyl (C=O) groups excluding carboxylic acids is 1. The van der Waals surface area contributed by atoms with Crippen LogP contribution >= 0.6 is 15.9 Å². The molecule has 23 heavy (non-hydrogen) atoms. The van der Waals surface area contributed by atoms with Crippen molar-refractivity contribution in [1.82, 2.24) is 0 Å². The average molecular weight is 373 g/mol. The molecule has 0 heterocycles. The third-order valence-corrected chi connectivity index (χ3v) is 4.10. The van der Waals surface area contributed by atoms with Crippen LogP contribution < -0.4 is 4.74 Å². The maximum atomic E-state index is 12.2. The van der Waals surface area contributed by atoms with Gasteiger partial charge in [0, 0.05) is 10.9 Å². The summed E-state index contributed by atoms with van der Waals surface area (Å²) < 4.78 is 5.64. The zero-order valence-corrected chi connectivity index (χ0v) is 14.9. The van der Waals surface area contributed by atoms with E-state index in [1.165, 1.54) is 0 Å². The second kappa shape index (κ2) is 9.31. The number of rotatable bonds is 8. The zero-order valence-electron chi connectivity index (χ0n) is 13.3. The van der Waals surface area contributed by atoms with Gasteiger partial charge in [0.1, 0.15) is 5.75 Å². The predicted molar refractivity (Wildman–Crippen MR) is 99.5 cm³/mol. The van der Waals surface area contributed by atoms with Crippen LogP contribution in [0.25, 0.3) is 6.08 Å². The number of ether oxygens (including phenoxy) is 1. The number of hydrogen-bond acceptors (Lipinski definition) is 2. The molecule has 0 amide bonds. The van der Waals surface area contributed by atoms with E-state index in [2.05, 4.69) is 15.9 Å². The molecule has 0 aliphatic rings. The number of benzene rings is 2. The lowest BCUT2D eigenvalue weighted by Gasteiger charge is -2.05. The molecule has 0 bridgehead atoms. The molecule has 0 saturated heterocycles. The van der Waals surface area contributed by atoms with Crippen molar-refractivity contribution < 1.29 is 9.53 Å². The maximum Gasteiger partial charge on any atom is 0.185 e. The Kier molecular flexibility index (Phi) is 7.08. The van der Waals surface area contributed by atoms with Gasteiger partial charge in [-0.05, 0) is 61.2 Å². The Morgan fingerprint density at radius 1 is 1.09 bits per heavy atom. The zero-order chi connectivity index (χ0) is 16.5. The van der Waals surface area contributed by atoms with E-state index in [1.807, 2.05) is 61.5 Å². The lowest BCUT2D eigenvalue weighted by Crippen LogP contribution is -1.99. The second-order valence-electron chi connectivity index (χ2n) is 5.32. The Morgan fingerprint density at radius 2 is 1.83 bits per heavy atom. The van der Waals surface area contributed by atoms with Crippen molar-refractivity contribution in [2.24, 2.45) is 0 Å². The monoisotopic (exact) mass is 372 g/mol. The van der Waals surface area contributed by atoms with Gasteiger partial charge in [-0.2, -0.15) is 0 Å². The van der Waals surface area contributed by atoms with Crippen LogP contribution in [0.1, 0.15) is 34.3 Å². The molecule has 0 aliphatic heterocycles. The third-order valence-electron chi connectivity index (χ3n) is 3.54. The lowest BCUT2D eigenvalue weighted by atomic mass is 10.1. The van der Waals surface area contributed by atoms with E-state index in [0.29, 0.717) is 12.2 Å². The van der Waals surface area contributed by atoms with Crippen molar-refractivity contribution in [3.05, 3.63) is 71.3 Å². The molecule has 0 aromatic heterocycles. The molecule has 2 aromatic rings. The summed E-state index contributed by atoms with van der Waals surface area (Å²) >= 11 is 3.40. The summed E-state index contributed by atoms with van der Waals surface area (Å²) in [6, 6.07) is 15.3. The van der Waals surface area contributed by atoms with E-state index in [0.717, 1.165) is 35.0 Å². The summed E-state index contributed by atoms with van der Waals surface area (Å²) in [4.78, 5) is 12.2. The number of alkyl halides is 1. The fraction of sp³-hybridized carbons (Fsp3) is 0.250. The highest BCUT2D eigenvalue weighted by atomic mass is 79.9. The number of hydrogen-bond donors (Lipinski definition) is 0. The van der Waals surface area contributed by atoms with E-state index < -0.39 is 0 Å². The highest BCUT2D eigenvalue weighted by molar-refractivity contribution is 9.09. The molecule has 3 heteroatoms. The van der Waals surface area contributed by atoms with E-state index >= 15 is 0 Å². The van der Waals surface area contributed by atoms with E-state index in [4.69, 9.17) is 4.74 Å². The smallest absolute Gasteiger partial charge is 0.185 e. The summed E-state index contributed by atoms with van der Waals surface area (Å²) in [5.74, 6) is 0.804. The minimum atomic E-state index is -0.000841. The normalized spacial score (nSPS) is 10.9. The van der Waals surface area contributed by atoms with Crippen LogP contribution in [0.5, 0.6) is 5.75 Å². The maximum absolute atomic E-state index is 12.2. The van der Waals surface area contributed by atoms with Gasteiger partial charge in [-0.15, -0.1) is 0 Å². The van der Waals surface area contributed by atoms with Gasteiger partial charge in [0.25, 0.3) is 0 Å². The van der Waals surface area contributed by atoms with Crippen molar-refractivity contribution in [1.29, 1.82) is 0 Å². The van der Waals surface area contributed by atoms with Crippen LogP contribution in [0.2, 0.25) is 0 Å². The van der Waals surface area contributed by atoms with E-state index in [-0.39, 0.29) is 5.78 Å². The molecular formula is C20H21BrO2. The van der Waals surface area contributed by atoms with Crippen molar-refractivity contribution in [3.8, 4) is 5.75 Å². The highest BCUT2D eigenvalue weighted by Gasteiger charge is 2.03. The van der Waals surface area contributed by atoms with Crippen LogP contribution in [-0.4, -0.2) is 17.7 Å². The number of halogens is 1. The summed E-state index contributed by atoms with van der Waals surface area (Å²) in [5, 5.41) is 0.997. The topological polar surface area (TPSA) is 26.3 Å². The van der Waals surface area contributed by atoms with Crippen LogP contribution in [0.3, 0.4) is 0 Å². The van der Waals surface area contributed by atoms with Crippen LogP contribution in [0.15, 0.2) is 54.6 Å². The standard InChI is InChI=1S/C20H21BrO2/c1-16-6-2-3-7-17(16)10-13-20(22)18-8-11-19(12-9-18)23-15-5-4-14-21/h2-3,6-13H,4-5,14-15H2,1H3. The van der Waals surface area contributed by atoms with Crippen LogP contribution in [-0.2, 0) is 0 Å². The number of aryl methyl sites for hydroxylation is 1. The fourth-order valence-electron chi connectivity index (χ4n) is 2.14. The molecule has 2 aromatic carbocycles. The Balaban J connectivity index is 1.93. The van der Waals surface area contributed by atoms with Gasteiger partial charge >= 0.3 is 0 Å². The van der Waals surface area contributed by atoms with Gasteiger partial charge in [-0.25, -0.2) is 0 Å². The fourth-order valence-corrected chi connectivity index (χ4v) is 2.53. The Labute approximate surface area is 146 Å². The molecule has 0 atom stereocenters. The first-order chi connectivity index (χ1) is 11.2. The van der Waals surface area contributed by atoms with Gasteiger partial charge in [-0.1, -0.05) is 46.3 Å². The lowest BCUT2D eigenvalue weighted by molar-refractivity contribution is 0.104. The quantitative estimate of drug-likeness (QED) is 0.266. The van der Waals surface area contributed by atoms with Crippen LogP contribution in [0, 0.1) is 6.92 Å². The van der Waals surface area contributed by atoms with Crippen LogP contribution in [0.4, 0.5) is 0 Å². The van der Waals surface area contributed by atoms with Crippen molar-refractivity contribution in [3.63, 3.8) is 0 Å². The summed E-state index contributed by atoms with van der Waals surface area (Å²) in [7, 11) is 0. The number of unbranched alkanes of at least 4 members (excludes halogenated alkanes) is 1. The summed E-state index contributed by atoms with van der Waals surface area (Å²) in [5.41, 5.74) is 2.89. The first kappa shape index (κ1) is 17.5. The largest absolute Gasteiger partial charge is 0.494 e. The Morgan fingerprint density at radius 3 is 2.52 bits per heavy atom. The van der Waals surface area contributed by atoms with E-state index in [9.17, 15) is 4.79 Å². The SMILES string of the molecule is Cc1ccccc1C=CC(=O)c1ccc(OCCCCBr)cc1. The summed E-state index contributed by atoms with van der Waals surface area (Å²) in [6.45, 7) is 2.73. The van der Waals surface area contributed by atoms with Crippen molar-refractivity contribution in [2.75, 3.05) is 11.9 Å². The molecule has 0 spiro atoms. The molecule has 2 rings (SSSR count). The van der Waals surface area contributed by atoms with Gasteiger partial charge in [-0.3, -0.25) is 4.79 Å². The first-order valence-corrected chi connectivity index (χ1v) is 8.90. The Bertz CT molecular complexity index is 660. The van der Waals surface area contributed by atoms with Gasteiger partial charge < -0.3 is 4.74 Å². The molecular weight excluding hydrogens is 352 g/mol. The minimum Gasteiger partial charge on any atom is -0.494 e. The highest BCUT2D eigenvalue weighted by Crippen LogP contribution is 2.15. The molecule has 0 radical (unpaired) electrons. The molecule has 0 saturated carbocycles. The minimum absolute atomic E-state index is 0.000841. The molecule has 2 nitrogen and oxygen atoms in total. The average Bonchev–Trinajstić information content (AvgIpc) is 2.58. The van der Waals surface area contributed by atoms with E-state index in [1.54, 1.807) is 6.08 Å². The van der Waals surface area contributed by atoms with Gasteiger partial charge in [0.2, 0.25) is 0 Å². The molecule has 0 fully saturated rings. The number of ketones is 1. The first-order valence-electron chi connectivity index (χ1n) is 7.77. The third kappa shape index (κ3) is 5.68. The van der Waals surface area contributed by atoms with Gasteiger partial charge in [0.15, 0.2) is 5.78 Å².